The number of pyridine rings is 2. The summed E-state index contributed by atoms with van der Waals surface area (Å²) in [6, 6.07) is 13.3. The van der Waals surface area contributed by atoms with Crippen LogP contribution >= 0.6 is 0 Å². The van der Waals surface area contributed by atoms with Gasteiger partial charge in [-0.25, -0.2) is 4.57 Å². The summed E-state index contributed by atoms with van der Waals surface area (Å²) in [7, 11) is 2.16. The van der Waals surface area contributed by atoms with Crippen LogP contribution in [0, 0.1) is 17.8 Å². The lowest BCUT2D eigenvalue weighted by Crippen LogP contribution is -2.32. The van der Waals surface area contributed by atoms with E-state index in [2.05, 4.69) is 108 Å². The summed E-state index contributed by atoms with van der Waals surface area (Å²) >= 11 is 0. The second-order valence-corrected chi connectivity index (χ2v) is 13.3. The molecule has 3 nitrogen and oxygen atoms in total. The molecule has 188 valence electrons. The Labute approximate surface area is 220 Å². The average Bonchev–Trinajstić information content (AvgIpc) is 2.82. The molecule has 0 amide bonds. The van der Waals surface area contributed by atoms with Crippen LogP contribution in [0.3, 0.4) is 0 Å². The molecule has 0 unspecified atom stereocenters. The van der Waals surface area contributed by atoms with Gasteiger partial charge in [0.2, 0.25) is 5.69 Å². The normalized spacial score (nSPS) is 13.3. The molecule has 0 fully saturated rings. The molecule has 0 N–H and O–H groups in total. The minimum Gasteiger partial charge on any atom is -0.455 e. The summed E-state index contributed by atoms with van der Waals surface area (Å²) in [6.07, 6.45) is 8.17. The molecule has 3 aromatic carbocycles. The third-order valence-electron chi connectivity index (χ3n) is 7.61. The van der Waals surface area contributed by atoms with Gasteiger partial charge >= 0.3 is 0 Å². The van der Waals surface area contributed by atoms with Gasteiger partial charge in [0.05, 0.1) is 10.9 Å². The maximum absolute atomic E-state index is 7.03. The monoisotopic (exact) mass is 489 g/mol. The van der Waals surface area contributed by atoms with E-state index in [0.717, 1.165) is 24.3 Å². The second kappa shape index (κ2) is 8.02. The Hall–Kier alpha value is -3.46. The Kier molecular flexibility index (Phi) is 5.18. The van der Waals surface area contributed by atoms with Gasteiger partial charge in [-0.15, -0.1) is 0 Å². The lowest BCUT2D eigenvalue weighted by Gasteiger charge is -2.28. The molecule has 37 heavy (non-hydrogen) atoms. The first-order chi connectivity index (χ1) is 17.4. The largest absolute Gasteiger partial charge is 0.455 e. The van der Waals surface area contributed by atoms with Gasteiger partial charge in [-0.05, 0) is 63.9 Å². The van der Waals surface area contributed by atoms with Crippen molar-refractivity contribution < 1.29 is 9.30 Å². The van der Waals surface area contributed by atoms with E-state index in [1.807, 2.05) is 12.4 Å². The first-order valence-corrected chi connectivity index (χ1v) is 13.4. The quantitative estimate of drug-likeness (QED) is 0.180. The fourth-order valence-electron chi connectivity index (χ4n) is 6.18. The highest BCUT2D eigenvalue weighted by molar-refractivity contribution is 6.16. The van der Waals surface area contributed by atoms with E-state index in [-0.39, 0.29) is 10.8 Å². The summed E-state index contributed by atoms with van der Waals surface area (Å²) in [5, 5.41) is 7.43. The van der Waals surface area contributed by atoms with Gasteiger partial charge in [0.15, 0.2) is 6.20 Å². The number of aromatic nitrogens is 2. The molecular formula is C34H37N2O+. The van der Waals surface area contributed by atoms with Crippen molar-refractivity contribution in [2.24, 2.45) is 17.9 Å². The summed E-state index contributed by atoms with van der Waals surface area (Å²) in [4.78, 5) is 4.68. The van der Waals surface area contributed by atoms with Crippen LogP contribution in [0.4, 0.5) is 0 Å². The van der Waals surface area contributed by atoms with Gasteiger partial charge in [0.25, 0.3) is 0 Å². The van der Waals surface area contributed by atoms with Crippen molar-refractivity contribution in [2.75, 3.05) is 0 Å². The van der Waals surface area contributed by atoms with Crippen LogP contribution in [0.5, 0.6) is 11.5 Å². The molecule has 0 saturated heterocycles. The summed E-state index contributed by atoms with van der Waals surface area (Å²) in [5.41, 5.74) is 6.59. The van der Waals surface area contributed by atoms with Crippen molar-refractivity contribution in [3.63, 3.8) is 0 Å². The molecule has 6 rings (SSSR count). The van der Waals surface area contributed by atoms with Crippen LogP contribution in [0.15, 0.2) is 55.0 Å². The predicted octanol–water partition coefficient (Wildman–Crippen LogP) is 8.62. The zero-order valence-corrected chi connectivity index (χ0v) is 23.4. The van der Waals surface area contributed by atoms with E-state index in [4.69, 9.17) is 4.74 Å². The van der Waals surface area contributed by atoms with E-state index >= 15 is 0 Å². The Balaban J connectivity index is 1.76. The molecule has 3 heterocycles. The Bertz CT molecular complexity index is 1730. The lowest BCUT2D eigenvalue weighted by atomic mass is 9.81. The molecule has 5 aromatic rings. The number of aryl methyl sites for hydroxylation is 2. The summed E-state index contributed by atoms with van der Waals surface area (Å²) in [6.45, 7) is 16.0. The first-order valence-electron chi connectivity index (χ1n) is 13.4. The number of hydrogen-bond donors (Lipinski definition) is 0. The molecule has 0 saturated carbocycles. The third-order valence-corrected chi connectivity index (χ3v) is 7.61. The number of benzene rings is 3. The van der Waals surface area contributed by atoms with Gasteiger partial charge in [-0.1, -0.05) is 65.8 Å². The number of hydrogen-bond acceptors (Lipinski definition) is 2. The topological polar surface area (TPSA) is 26.0 Å². The van der Waals surface area contributed by atoms with Gasteiger partial charge in [-0.2, -0.15) is 0 Å². The fraction of sp³-hybridized carbons (Fsp3) is 0.353. The predicted molar refractivity (Wildman–Crippen MR) is 154 cm³/mol. The van der Waals surface area contributed by atoms with Crippen LogP contribution in [-0.2, 0) is 19.9 Å². The molecule has 0 aliphatic carbocycles. The maximum Gasteiger partial charge on any atom is 0.228 e. The number of fused-ring (bicyclic) bond motifs is 5. The number of ether oxygens (including phenoxy) is 1. The van der Waals surface area contributed by atoms with Crippen LogP contribution in [0.25, 0.3) is 43.6 Å². The zero-order chi connectivity index (χ0) is 26.3. The minimum atomic E-state index is 0.124. The zero-order valence-electron chi connectivity index (χ0n) is 23.4. The lowest BCUT2D eigenvalue weighted by molar-refractivity contribution is -0.659. The van der Waals surface area contributed by atoms with E-state index in [1.165, 1.54) is 60.3 Å². The van der Waals surface area contributed by atoms with Gasteiger partial charge in [-0.3, -0.25) is 4.98 Å². The minimum absolute atomic E-state index is 0.124. The molecule has 0 radical (unpaired) electrons. The van der Waals surface area contributed by atoms with Crippen LogP contribution in [0.2, 0.25) is 0 Å². The van der Waals surface area contributed by atoms with E-state index < -0.39 is 0 Å². The molecule has 0 bridgehead atoms. The van der Waals surface area contributed by atoms with E-state index in [0.29, 0.717) is 0 Å². The van der Waals surface area contributed by atoms with Crippen LogP contribution in [-0.4, -0.2) is 4.98 Å². The van der Waals surface area contributed by atoms with Crippen molar-refractivity contribution in [3.8, 4) is 22.8 Å². The van der Waals surface area contributed by atoms with Crippen molar-refractivity contribution in [1.82, 2.24) is 4.98 Å². The van der Waals surface area contributed by atoms with E-state index in [1.54, 1.807) is 0 Å². The standard InChI is InChI=1S/C34H37N2O/c1-20-22-11-9-10-12-23(22)26(17-34(5,6)7)32-29(20)31-30-24(13-14-36(31)8)27-19-35-18-21(16-33(2,3)4)25(27)15-28(30)37-32/h9-15,18-19H,16-17H2,1-8H3/q+1. The highest BCUT2D eigenvalue weighted by atomic mass is 16.5. The van der Waals surface area contributed by atoms with Crippen LogP contribution < -0.4 is 9.30 Å². The molecule has 1 aliphatic rings. The first kappa shape index (κ1) is 23.9. The van der Waals surface area contributed by atoms with Crippen molar-refractivity contribution >= 4 is 32.3 Å². The van der Waals surface area contributed by atoms with Crippen molar-refractivity contribution in [3.05, 3.63) is 71.7 Å². The second-order valence-electron chi connectivity index (χ2n) is 13.3. The Morgan fingerprint density at radius 3 is 2.22 bits per heavy atom. The highest BCUT2D eigenvalue weighted by Crippen LogP contribution is 2.52. The molecule has 1 aliphatic heterocycles. The molecule has 3 heteroatoms. The number of nitrogens with zero attached hydrogens (tertiary/aromatic N) is 2. The fourth-order valence-corrected chi connectivity index (χ4v) is 6.18. The number of rotatable bonds is 2. The van der Waals surface area contributed by atoms with Gasteiger partial charge in [0, 0.05) is 34.8 Å². The molecule has 0 atom stereocenters. The third kappa shape index (κ3) is 3.87. The smallest absolute Gasteiger partial charge is 0.228 e. The Morgan fingerprint density at radius 1 is 0.811 bits per heavy atom. The van der Waals surface area contributed by atoms with E-state index in [9.17, 15) is 0 Å². The summed E-state index contributed by atoms with van der Waals surface area (Å²) in [5.74, 6) is 1.97. The SMILES string of the molecule is Cc1c2c(c(CC(C)(C)C)c3ccccc13)Oc1cc3c(CC(C)(C)C)cncc3c3cc[n+](C)c-2c13. The summed E-state index contributed by atoms with van der Waals surface area (Å²) < 4.78 is 9.30. The Morgan fingerprint density at radius 2 is 1.51 bits per heavy atom. The van der Waals surface area contributed by atoms with Crippen LogP contribution in [0.1, 0.15) is 58.2 Å². The highest BCUT2D eigenvalue weighted by Gasteiger charge is 2.34. The molecule has 2 aromatic heterocycles. The average molecular weight is 490 g/mol. The van der Waals surface area contributed by atoms with Crippen molar-refractivity contribution in [2.45, 2.75) is 61.3 Å². The maximum atomic E-state index is 7.03. The molecule has 0 spiro atoms. The van der Waals surface area contributed by atoms with Gasteiger partial charge < -0.3 is 4.74 Å². The molecular weight excluding hydrogens is 452 g/mol. The van der Waals surface area contributed by atoms with Gasteiger partial charge in [0.1, 0.15) is 18.5 Å². The van der Waals surface area contributed by atoms with Crippen molar-refractivity contribution in [1.29, 1.82) is 0 Å².